The Kier molecular flexibility index (Phi) is 6.21. The summed E-state index contributed by atoms with van der Waals surface area (Å²) < 4.78 is 0. The summed E-state index contributed by atoms with van der Waals surface area (Å²) in [7, 11) is 0. The first kappa shape index (κ1) is 15.7. The number of nitro groups is 2. The van der Waals surface area contributed by atoms with Crippen molar-refractivity contribution in [3.05, 3.63) is 38.4 Å². The largest absolute Gasteiger partial charge is 0.303 e. The van der Waals surface area contributed by atoms with Crippen molar-refractivity contribution in [2.45, 2.75) is 32.6 Å². The van der Waals surface area contributed by atoms with Gasteiger partial charge in [-0.2, -0.15) is 5.11 Å². The maximum Gasteiger partial charge on any atom is 0.303 e. The van der Waals surface area contributed by atoms with Crippen molar-refractivity contribution in [3.8, 4) is 0 Å². The average molecular weight is 280 g/mol. The highest BCUT2D eigenvalue weighted by Gasteiger charge is 2.19. The van der Waals surface area contributed by atoms with Gasteiger partial charge in [-0.15, -0.1) is 5.11 Å². The maximum absolute atomic E-state index is 10.9. The lowest BCUT2D eigenvalue weighted by Gasteiger charge is -1.97. The Balaban J connectivity index is 2.76. The van der Waals surface area contributed by atoms with Crippen LogP contribution in [0, 0.1) is 20.2 Å². The molecule has 1 rings (SSSR count). The Morgan fingerprint density at radius 3 is 2.45 bits per heavy atom. The number of nitro benzene ring substituents is 2. The number of nitrogens with zero attached hydrogens (tertiary/aromatic N) is 4. The van der Waals surface area contributed by atoms with E-state index in [-0.39, 0.29) is 11.4 Å². The zero-order valence-electron chi connectivity index (χ0n) is 11.2. The Bertz CT molecular complexity index is 516. The molecule has 0 heterocycles. The minimum Gasteiger partial charge on any atom is -0.258 e. The van der Waals surface area contributed by atoms with Crippen molar-refractivity contribution in [2.75, 3.05) is 6.54 Å². The topological polar surface area (TPSA) is 111 Å². The fourth-order valence-corrected chi connectivity index (χ4v) is 1.59. The van der Waals surface area contributed by atoms with Crippen LogP contribution >= 0.6 is 0 Å². The van der Waals surface area contributed by atoms with Gasteiger partial charge in [0.25, 0.3) is 5.69 Å². The number of non-ortho nitro benzene ring substituents is 1. The predicted molar refractivity (Wildman–Crippen MR) is 73.3 cm³/mol. The third-order valence-electron chi connectivity index (χ3n) is 2.66. The number of benzene rings is 1. The molecule has 8 nitrogen and oxygen atoms in total. The summed E-state index contributed by atoms with van der Waals surface area (Å²) in [5.41, 5.74) is -0.703. The minimum absolute atomic E-state index is 0.0380. The molecular weight excluding hydrogens is 264 g/mol. The average Bonchev–Trinajstić information content (AvgIpc) is 2.42. The van der Waals surface area contributed by atoms with Crippen LogP contribution in [-0.2, 0) is 0 Å². The SMILES string of the molecule is CCCCCCN=Nc1ccc([N+](=O)[O-])cc1[N+](=O)[O-]. The number of unbranched alkanes of at least 4 members (excludes halogenated alkanes) is 3. The molecule has 0 spiro atoms. The van der Waals surface area contributed by atoms with Crippen LogP contribution in [0.15, 0.2) is 28.4 Å². The first-order valence-corrected chi connectivity index (χ1v) is 6.36. The van der Waals surface area contributed by atoms with Crippen LogP contribution in [0.5, 0.6) is 0 Å². The molecule has 1 aromatic rings. The van der Waals surface area contributed by atoms with Crippen molar-refractivity contribution in [2.24, 2.45) is 10.2 Å². The van der Waals surface area contributed by atoms with E-state index < -0.39 is 15.5 Å². The Labute approximate surface area is 115 Å². The Morgan fingerprint density at radius 2 is 1.85 bits per heavy atom. The molecule has 0 aliphatic rings. The highest BCUT2D eigenvalue weighted by atomic mass is 16.6. The summed E-state index contributed by atoms with van der Waals surface area (Å²) in [4.78, 5) is 20.1. The fourth-order valence-electron chi connectivity index (χ4n) is 1.59. The Morgan fingerprint density at radius 1 is 1.10 bits per heavy atom. The summed E-state index contributed by atoms with van der Waals surface area (Å²) in [6, 6.07) is 3.32. The van der Waals surface area contributed by atoms with E-state index in [9.17, 15) is 20.2 Å². The Hall–Kier alpha value is -2.38. The first-order valence-electron chi connectivity index (χ1n) is 6.36. The molecule has 0 amide bonds. The van der Waals surface area contributed by atoms with E-state index in [1.54, 1.807) is 0 Å². The zero-order valence-corrected chi connectivity index (χ0v) is 11.2. The van der Waals surface area contributed by atoms with Crippen molar-refractivity contribution in [3.63, 3.8) is 0 Å². The van der Waals surface area contributed by atoms with Crippen molar-refractivity contribution in [1.82, 2.24) is 0 Å². The molecule has 0 unspecified atom stereocenters. The van der Waals surface area contributed by atoms with Gasteiger partial charge in [-0.25, -0.2) is 0 Å². The molecule has 0 aromatic heterocycles. The summed E-state index contributed by atoms with van der Waals surface area (Å²) in [5.74, 6) is 0. The highest BCUT2D eigenvalue weighted by molar-refractivity contribution is 5.61. The van der Waals surface area contributed by atoms with Gasteiger partial charge in [0.1, 0.15) is 0 Å². The van der Waals surface area contributed by atoms with Crippen LogP contribution in [0.3, 0.4) is 0 Å². The molecule has 0 atom stereocenters. The molecule has 20 heavy (non-hydrogen) atoms. The number of azo groups is 1. The molecule has 8 heteroatoms. The standard InChI is InChI=1S/C12H16N4O4/c1-2-3-4-5-8-13-14-11-7-6-10(15(17)18)9-12(11)16(19)20/h6-7,9H,2-5,8H2,1H3. The van der Waals surface area contributed by atoms with Crippen molar-refractivity contribution in [1.29, 1.82) is 0 Å². The molecule has 0 N–H and O–H groups in total. The van der Waals surface area contributed by atoms with Gasteiger partial charge in [-0.1, -0.05) is 26.2 Å². The van der Waals surface area contributed by atoms with E-state index in [1.807, 2.05) is 0 Å². The van der Waals surface area contributed by atoms with Crippen molar-refractivity contribution < 1.29 is 9.85 Å². The second-order valence-corrected chi connectivity index (χ2v) is 4.21. The third-order valence-corrected chi connectivity index (χ3v) is 2.66. The molecule has 0 radical (unpaired) electrons. The van der Waals surface area contributed by atoms with Crippen molar-refractivity contribution >= 4 is 17.1 Å². The molecule has 0 aliphatic carbocycles. The number of rotatable bonds is 8. The van der Waals surface area contributed by atoms with E-state index in [2.05, 4.69) is 17.2 Å². The fraction of sp³-hybridized carbons (Fsp3) is 0.500. The van der Waals surface area contributed by atoms with E-state index in [1.165, 1.54) is 12.1 Å². The van der Waals surface area contributed by atoms with Gasteiger partial charge in [0.2, 0.25) is 0 Å². The minimum atomic E-state index is -0.696. The molecule has 0 saturated carbocycles. The van der Waals surface area contributed by atoms with Crippen LogP contribution in [-0.4, -0.2) is 16.4 Å². The molecular formula is C12H16N4O4. The van der Waals surface area contributed by atoms with Gasteiger partial charge in [0.05, 0.1) is 22.5 Å². The normalized spacial score (nSPS) is 10.8. The summed E-state index contributed by atoms with van der Waals surface area (Å²) >= 11 is 0. The van der Waals surface area contributed by atoms with Gasteiger partial charge in [0.15, 0.2) is 5.69 Å². The van der Waals surface area contributed by atoms with Crippen LogP contribution in [0.1, 0.15) is 32.6 Å². The predicted octanol–water partition coefficient (Wildman–Crippen LogP) is 4.17. The maximum atomic E-state index is 10.9. The van der Waals surface area contributed by atoms with Gasteiger partial charge in [-0.05, 0) is 12.5 Å². The zero-order chi connectivity index (χ0) is 15.0. The van der Waals surface area contributed by atoms with E-state index in [0.29, 0.717) is 6.54 Å². The van der Waals surface area contributed by atoms with Gasteiger partial charge >= 0.3 is 5.69 Å². The molecule has 0 aliphatic heterocycles. The van der Waals surface area contributed by atoms with Gasteiger partial charge < -0.3 is 0 Å². The van der Waals surface area contributed by atoms with Gasteiger partial charge in [-0.3, -0.25) is 20.2 Å². The lowest BCUT2D eigenvalue weighted by atomic mass is 10.2. The van der Waals surface area contributed by atoms with E-state index in [4.69, 9.17) is 0 Å². The summed E-state index contributed by atoms with van der Waals surface area (Å²) in [6.45, 7) is 2.59. The summed E-state index contributed by atoms with van der Waals surface area (Å²) in [5, 5.41) is 29.1. The lowest BCUT2D eigenvalue weighted by Crippen LogP contribution is -1.92. The first-order chi connectivity index (χ1) is 9.56. The third kappa shape index (κ3) is 4.71. The van der Waals surface area contributed by atoms with E-state index in [0.717, 1.165) is 31.7 Å². The number of hydrogen-bond donors (Lipinski definition) is 0. The monoisotopic (exact) mass is 280 g/mol. The van der Waals surface area contributed by atoms with Crippen LogP contribution < -0.4 is 0 Å². The van der Waals surface area contributed by atoms with Gasteiger partial charge in [0, 0.05) is 6.07 Å². The van der Waals surface area contributed by atoms with Crippen LogP contribution in [0.2, 0.25) is 0 Å². The highest BCUT2D eigenvalue weighted by Crippen LogP contribution is 2.31. The quantitative estimate of drug-likeness (QED) is 0.308. The molecule has 0 fully saturated rings. The summed E-state index contributed by atoms with van der Waals surface area (Å²) in [6.07, 6.45) is 4.15. The smallest absolute Gasteiger partial charge is 0.258 e. The molecule has 108 valence electrons. The molecule has 0 saturated heterocycles. The lowest BCUT2D eigenvalue weighted by molar-refractivity contribution is -0.393. The number of hydrogen-bond acceptors (Lipinski definition) is 6. The van der Waals surface area contributed by atoms with E-state index >= 15 is 0 Å². The molecule has 0 bridgehead atoms. The van der Waals surface area contributed by atoms with Crippen LogP contribution in [0.25, 0.3) is 0 Å². The second-order valence-electron chi connectivity index (χ2n) is 4.21. The molecule has 1 aromatic carbocycles. The van der Waals surface area contributed by atoms with Crippen LogP contribution in [0.4, 0.5) is 17.1 Å². The second kappa shape index (κ2) is 7.93.